The highest BCUT2D eigenvalue weighted by Gasteiger charge is 2.35. The largest absolute Gasteiger partial charge is 0.487 e. The molecule has 28 heavy (non-hydrogen) atoms. The molecule has 2 aromatic carbocycles. The van der Waals surface area contributed by atoms with Gasteiger partial charge in [0.15, 0.2) is 0 Å². The molecule has 0 spiro atoms. The summed E-state index contributed by atoms with van der Waals surface area (Å²) < 4.78 is 24.8. The van der Waals surface area contributed by atoms with Crippen LogP contribution in [0.2, 0.25) is 5.02 Å². The number of halogens is 2. The molecule has 0 fully saturated rings. The van der Waals surface area contributed by atoms with Gasteiger partial charge in [0.05, 0.1) is 11.6 Å². The Kier molecular flexibility index (Phi) is 6.57. The highest BCUT2D eigenvalue weighted by Crippen LogP contribution is 2.38. The van der Waals surface area contributed by atoms with Gasteiger partial charge in [-0.05, 0) is 48.2 Å². The van der Waals surface area contributed by atoms with Crippen molar-refractivity contribution in [2.75, 3.05) is 20.3 Å². The molecule has 4 nitrogen and oxygen atoms in total. The third kappa shape index (κ3) is 5.24. The van der Waals surface area contributed by atoms with Crippen LogP contribution in [0.4, 0.5) is 4.39 Å². The molecule has 3 rings (SSSR count). The lowest BCUT2D eigenvalue weighted by molar-refractivity contribution is -0.121. The fourth-order valence-corrected chi connectivity index (χ4v) is 3.67. The lowest BCUT2D eigenvalue weighted by Crippen LogP contribution is -2.32. The zero-order chi connectivity index (χ0) is 20.1. The third-order valence-corrected chi connectivity index (χ3v) is 5.18. The monoisotopic (exact) mass is 405 g/mol. The van der Waals surface area contributed by atoms with Crippen LogP contribution in [0.15, 0.2) is 36.4 Å². The molecular weight excluding hydrogens is 381 g/mol. The quantitative estimate of drug-likeness (QED) is 0.672. The Balaban J connectivity index is 1.59. The molecule has 0 saturated carbocycles. The van der Waals surface area contributed by atoms with Crippen LogP contribution in [0.25, 0.3) is 0 Å². The number of ether oxygens (including phenoxy) is 2. The van der Waals surface area contributed by atoms with Crippen LogP contribution in [0.5, 0.6) is 5.75 Å². The molecule has 0 radical (unpaired) electrons. The summed E-state index contributed by atoms with van der Waals surface area (Å²) in [5, 5.41) is 2.95. The number of rotatable bonds is 8. The Hall–Kier alpha value is -2.11. The van der Waals surface area contributed by atoms with Crippen molar-refractivity contribution in [2.45, 2.75) is 38.2 Å². The summed E-state index contributed by atoms with van der Waals surface area (Å²) in [5.41, 5.74) is 2.64. The second-order valence-corrected chi connectivity index (χ2v) is 7.85. The summed E-state index contributed by atoms with van der Waals surface area (Å²) in [7, 11) is 1.61. The van der Waals surface area contributed by atoms with Crippen LogP contribution in [0, 0.1) is 5.82 Å². The number of carbonyl (C=O) groups excluding carboxylic acids is 1. The number of benzene rings is 2. The first-order valence-corrected chi connectivity index (χ1v) is 9.77. The smallest absolute Gasteiger partial charge is 0.220 e. The summed E-state index contributed by atoms with van der Waals surface area (Å²) in [6, 6.07) is 10.9. The van der Waals surface area contributed by atoms with E-state index in [1.807, 2.05) is 25.1 Å². The number of carbonyl (C=O) groups is 1. The molecule has 0 aromatic heterocycles. The fourth-order valence-electron chi connectivity index (χ4n) is 3.55. The van der Waals surface area contributed by atoms with Gasteiger partial charge >= 0.3 is 0 Å². The van der Waals surface area contributed by atoms with E-state index in [2.05, 4.69) is 11.4 Å². The molecule has 0 bridgehead atoms. The molecule has 1 unspecified atom stereocenters. The Morgan fingerprint density at radius 1 is 1.29 bits per heavy atom. The van der Waals surface area contributed by atoms with Gasteiger partial charge in [-0.25, -0.2) is 4.39 Å². The fraction of sp³-hybridized carbons (Fsp3) is 0.409. The molecule has 2 aromatic rings. The van der Waals surface area contributed by atoms with Crippen LogP contribution in [0.1, 0.15) is 30.0 Å². The van der Waals surface area contributed by atoms with Crippen molar-refractivity contribution >= 4 is 17.5 Å². The molecule has 1 atom stereocenters. The summed E-state index contributed by atoms with van der Waals surface area (Å²) in [6.45, 7) is 3.07. The van der Waals surface area contributed by atoms with E-state index in [0.29, 0.717) is 32.4 Å². The van der Waals surface area contributed by atoms with Crippen molar-refractivity contribution in [1.82, 2.24) is 5.32 Å². The van der Waals surface area contributed by atoms with Crippen LogP contribution in [-0.4, -0.2) is 31.8 Å². The Labute approximate surface area is 170 Å². The van der Waals surface area contributed by atoms with Gasteiger partial charge in [0, 0.05) is 32.9 Å². The molecule has 0 aliphatic carbocycles. The maximum Gasteiger partial charge on any atom is 0.220 e. The zero-order valence-corrected chi connectivity index (χ0v) is 16.9. The van der Waals surface area contributed by atoms with Crippen LogP contribution >= 0.6 is 11.6 Å². The van der Waals surface area contributed by atoms with Gasteiger partial charge in [-0.3, -0.25) is 4.79 Å². The van der Waals surface area contributed by atoms with Crippen LogP contribution in [-0.2, 0) is 28.8 Å². The van der Waals surface area contributed by atoms with E-state index >= 15 is 0 Å². The molecule has 0 saturated heterocycles. The molecule has 150 valence electrons. The van der Waals surface area contributed by atoms with E-state index in [1.54, 1.807) is 13.2 Å². The predicted octanol–water partition coefficient (Wildman–Crippen LogP) is 4.11. The maximum absolute atomic E-state index is 13.7. The number of fused-ring (bicyclic) bond motifs is 1. The van der Waals surface area contributed by atoms with Crippen LogP contribution in [0.3, 0.4) is 0 Å². The molecular formula is C22H25ClFNO3. The topological polar surface area (TPSA) is 47.6 Å². The van der Waals surface area contributed by atoms with Crippen molar-refractivity contribution in [3.8, 4) is 5.75 Å². The number of amides is 1. The summed E-state index contributed by atoms with van der Waals surface area (Å²) in [4.78, 5) is 11.9. The van der Waals surface area contributed by atoms with Gasteiger partial charge in [-0.1, -0.05) is 29.8 Å². The lowest BCUT2D eigenvalue weighted by Gasteiger charge is -2.24. The highest BCUT2D eigenvalue weighted by molar-refractivity contribution is 6.30. The van der Waals surface area contributed by atoms with E-state index in [4.69, 9.17) is 21.1 Å². The highest BCUT2D eigenvalue weighted by atomic mass is 35.5. The molecule has 6 heteroatoms. The number of methoxy groups -OCH3 is 1. The van der Waals surface area contributed by atoms with Crippen molar-refractivity contribution in [1.29, 1.82) is 0 Å². The van der Waals surface area contributed by atoms with Crippen molar-refractivity contribution in [3.05, 3.63) is 63.9 Å². The van der Waals surface area contributed by atoms with Gasteiger partial charge in [-0.2, -0.15) is 0 Å². The number of hydrogen-bond acceptors (Lipinski definition) is 3. The minimum absolute atomic E-state index is 0.0170. The second kappa shape index (κ2) is 8.93. The first kappa shape index (κ1) is 20.6. The van der Waals surface area contributed by atoms with Gasteiger partial charge in [0.2, 0.25) is 5.91 Å². The van der Waals surface area contributed by atoms with Gasteiger partial charge in [-0.15, -0.1) is 0 Å². The minimum Gasteiger partial charge on any atom is -0.487 e. The number of hydrogen-bond donors (Lipinski definition) is 1. The van der Waals surface area contributed by atoms with E-state index in [9.17, 15) is 9.18 Å². The summed E-state index contributed by atoms with van der Waals surface area (Å²) in [6.07, 6.45) is 2.43. The van der Waals surface area contributed by atoms with E-state index in [1.165, 1.54) is 6.07 Å². The van der Waals surface area contributed by atoms with Gasteiger partial charge in [0.1, 0.15) is 17.2 Å². The molecule has 1 N–H and O–H groups in total. The number of aryl methyl sites for hydroxylation is 1. The molecule has 1 aliphatic rings. The summed E-state index contributed by atoms with van der Waals surface area (Å²) in [5.74, 6) is 0.456. The normalized spacial score (nSPS) is 17.9. The third-order valence-electron chi connectivity index (χ3n) is 4.88. The number of nitrogens with one attached hydrogen (secondary N) is 1. The molecule has 1 heterocycles. The minimum atomic E-state index is -0.432. The maximum atomic E-state index is 13.7. The summed E-state index contributed by atoms with van der Waals surface area (Å²) >= 11 is 5.77. The Bertz CT molecular complexity index is 858. The molecule has 1 amide bonds. The average molecular weight is 406 g/mol. The van der Waals surface area contributed by atoms with E-state index < -0.39 is 11.4 Å². The molecule has 1 aliphatic heterocycles. The lowest BCUT2D eigenvalue weighted by atomic mass is 9.91. The van der Waals surface area contributed by atoms with Gasteiger partial charge < -0.3 is 14.8 Å². The average Bonchev–Trinajstić information content (AvgIpc) is 2.98. The van der Waals surface area contributed by atoms with E-state index in [0.717, 1.165) is 28.9 Å². The van der Waals surface area contributed by atoms with Crippen molar-refractivity contribution < 1.29 is 18.7 Å². The van der Waals surface area contributed by atoms with Crippen LogP contribution < -0.4 is 10.1 Å². The first-order chi connectivity index (χ1) is 13.4. The van der Waals surface area contributed by atoms with Crippen molar-refractivity contribution in [2.24, 2.45) is 0 Å². The Morgan fingerprint density at radius 3 is 2.82 bits per heavy atom. The Morgan fingerprint density at radius 2 is 2.07 bits per heavy atom. The SMILES string of the molecule is COCCNC(=O)CCc1ccc2c(c1)CC(C)(Cc1ccc(Cl)c(F)c1)O2. The first-order valence-electron chi connectivity index (χ1n) is 9.39. The standard InChI is InChI=1S/C22H25ClFNO3/c1-22(13-16-3-6-18(23)19(24)12-16)14-17-11-15(4-7-20(17)28-22)5-8-21(26)25-9-10-27-2/h3-4,6-7,11-12H,5,8-10,13-14H2,1-2H3,(H,25,26). The second-order valence-electron chi connectivity index (χ2n) is 7.44. The van der Waals surface area contributed by atoms with Crippen molar-refractivity contribution in [3.63, 3.8) is 0 Å². The van der Waals surface area contributed by atoms with Gasteiger partial charge in [0.25, 0.3) is 0 Å². The zero-order valence-electron chi connectivity index (χ0n) is 16.2. The van der Waals surface area contributed by atoms with E-state index in [-0.39, 0.29) is 10.9 Å². The predicted molar refractivity (Wildman–Crippen MR) is 107 cm³/mol.